The van der Waals surface area contributed by atoms with Gasteiger partial charge in [0.2, 0.25) is 5.91 Å². The number of anilines is 1. The van der Waals surface area contributed by atoms with Crippen LogP contribution in [-0.2, 0) is 11.3 Å². The van der Waals surface area contributed by atoms with Gasteiger partial charge in [0.25, 0.3) is 0 Å². The summed E-state index contributed by atoms with van der Waals surface area (Å²) < 4.78 is 11.1. The number of amides is 1. The van der Waals surface area contributed by atoms with Crippen LogP contribution in [-0.4, -0.2) is 25.7 Å². The van der Waals surface area contributed by atoms with Crippen LogP contribution < -0.4 is 20.1 Å². The lowest BCUT2D eigenvalue weighted by Gasteiger charge is -2.25. The monoisotopic (exact) mass is 304 g/mol. The first kappa shape index (κ1) is 13.8. The average Bonchev–Trinajstić information content (AvgIpc) is 2.98. The Morgan fingerprint density at radius 2 is 2.05 bits per heavy atom. The van der Waals surface area contributed by atoms with Crippen LogP contribution in [0.3, 0.4) is 0 Å². The maximum absolute atomic E-state index is 11.3. The number of rotatable bonds is 5. The topological polar surface area (TPSA) is 64.8 Å². The Hall–Kier alpha value is -2.21. The first-order chi connectivity index (χ1) is 10.2. The highest BCUT2D eigenvalue weighted by Crippen LogP contribution is 2.34. The Morgan fingerprint density at radius 3 is 2.76 bits per heavy atom. The van der Waals surface area contributed by atoms with Crippen LogP contribution in [0.1, 0.15) is 4.88 Å². The average molecular weight is 304 g/mol. The molecule has 0 bridgehead atoms. The molecule has 1 aromatic heterocycles. The summed E-state index contributed by atoms with van der Waals surface area (Å²) in [7, 11) is 0. The van der Waals surface area contributed by atoms with Crippen molar-refractivity contribution in [3.05, 3.63) is 40.6 Å². The molecule has 0 unspecified atom stereocenters. The Bertz CT molecular complexity index is 628. The Labute approximate surface area is 126 Å². The van der Waals surface area contributed by atoms with E-state index in [0.717, 1.165) is 11.4 Å². The van der Waals surface area contributed by atoms with Crippen molar-refractivity contribution in [3.8, 4) is 11.5 Å². The zero-order valence-corrected chi connectivity index (χ0v) is 12.3. The van der Waals surface area contributed by atoms with Gasteiger partial charge in [0.1, 0.15) is 13.2 Å². The van der Waals surface area contributed by atoms with Gasteiger partial charge in [-0.15, -0.1) is 11.3 Å². The van der Waals surface area contributed by atoms with E-state index in [9.17, 15) is 4.79 Å². The highest BCUT2D eigenvalue weighted by atomic mass is 32.1. The van der Waals surface area contributed by atoms with Gasteiger partial charge in [0.15, 0.2) is 11.5 Å². The van der Waals surface area contributed by atoms with E-state index in [0.29, 0.717) is 25.5 Å². The molecule has 3 rings (SSSR count). The molecule has 0 aliphatic carbocycles. The summed E-state index contributed by atoms with van der Waals surface area (Å²) >= 11 is 1.65. The van der Waals surface area contributed by atoms with Gasteiger partial charge in [-0.05, 0) is 23.6 Å². The molecule has 0 saturated heterocycles. The number of fused-ring (bicyclic) bond motifs is 1. The molecule has 0 spiro atoms. The van der Waals surface area contributed by atoms with Crippen LogP contribution in [0.5, 0.6) is 11.5 Å². The summed E-state index contributed by atoms with van der Waals surface area (Å²) in [5, 5.41) is 2.02. The number of nitrogens with two attached hydrogens (primary N) is 1. The number of ether oxygens (including phenoxy) is 2. The molecule has 0 radical (unpaired) electrons. The van der Waals surface area contributed by atoms with Crippen LogP contribution >= 0.6 is 11.3 Å². The van der Waals surface area contributed by atoms with Crippen LogP contribution in [0.15, 0.2) is 35.7 Å². The van der Waals surface area contributed by atoms with Crippen molar-refractivity contribution in [3.63, 3.8) is 0 Å². The molecule has 1 aliphatic heterocycles. The molecule has 1 aromatic carbocycles. The van der Waals surface area contributed by atoms with E-state index in [4.69, 9.17) is 15.2 Å². The molecule has 0 atom stereocenters. The SMILES string of the molecule is NC(=O)CN(Cc1cccs1)c1ccc2c(c1)OCCO2. The first-order valence-electron chi connectivity index (χ1n) is 6.67. The van der Waals surface area contributed by atoms with Crippen molar-refractivity contribution >= 4 is 22.9 Å². The number of hydrogen-bond donors (Lipinski definition) is 1. The predicted molar refractivity (Wildman–Crippen MR) is 82.0 cm³/mol. The van der Waals surface area contributed by atoms with Gasteiger partial charge >= 0.3 is 0 Å². The number of hydrogen-bond acceptors (Lipinski definition) is 5. The van der Waals surface area contributed by atoms with E-state index in [1.165, 1.54) is 4.88 Å². The molecule has 0 saturated carbocycles. The Kier molecular flexibility index (Phi) is 3.96. The third-order valence-electron chi connectivity index (χ3n) is 3.16. The lowest BCUT2D eigenvalue weighted by atomic mass is 10.2. The van der Waals surface area contributed by atoms with E-state index in [1.54, 1.807) is 11.3 Å². The van der Waals surface area contributed by atoms with Crippen LogP contribution in [0.2, 0.25) is 0 Å². The lowest BCUT2D eigenvalue weighted by Crippen LogP contribution is -2.33. The van der Waals surface area contributed by atoms with Crippen molar-refractivity contribution < 1.29 is 14.3 Å². The molecular formula is C15H16N2O3S. The van der Waals surface area contributed by atoms with Gasteiger partial charge < -0.3 is 20.1 Å². The molecule has 2 heterocycles. The third kappa shape index (κ3) is 3.28. The number of benzene rings is 1. The van der Waals surface area contributed by atoms with Crippen molar-refractivity contribution in [1.82, 2.24) is 0 Å². The van der Waals surface area contributed by atoms with Crippen LogP contribution in [0.25, 0.3) is 0 Å². The number of carbonyl (C=O) groups is 1. The number of carbonyl (C=O) groups excluding carboxylic acids is 1. The highest BCUT2D eigenvalue weighted by Gasteiger charge is 2.16. The van der Waals surface area contributed by atoms with Crippen LogP contribution in [0.4, 0.5) is 5.69 Å². The van der Waals surface area contributed by atoms with Gasteiger partial charge in [0, 0.05) is 16.6 Å². The fraction of sp³-hybridized carbons (Fsp3) is 0.267. The van der Waals surface area contributed by atoms with Crippen molar-refractivity contribution in [2.75, 3.05) is 24.7 Å². The predicted octanol–water partition coefficient (Wildman–Crippen LogP) is 2.01. The molecule has 2 N–H and O–H groups in total. The van der Waals surface area contributed by atoms with Gasteiger partial charge in [-0.2, -0.15) is 0 Å². The van der Waals surface area contributed by atoms with E-state index < -0.39 is 0 Å². The van der Waals surface area contributed by atoms with E-state index >= 15 is 0 Å². The normalized spacial score (nSPS) is 13.0. The standard InChI is InChI=1S/C15H16N2O3S/c16-15(18)10-17(9-12-2-1-7-21-12)11-3-4-13-14(8-11)20-6-5-19-13/h1-4,7-8H,5-6,9-10H2,(H2,16,18). The first-order valence-corrected chi connectivity index (χ1v) is 7.55. The second-order valence-corrected chi connectivity index (χ2v) is 5.76. The minimum atomic E-state index is -0.360. The maximum Gasteiger partial charge on any atom is 0.236 e. The lowest BCUT2D eigenvalue weighted by molar-refractivity contribution is -0.116. The molecule has 2 aromatic rings. The van der Waals surface area contributed by atoms with Crippen molar-refractivity contribution in [1.29, 1.82) is 0 Å². The van der Waals surface area contributed by atoms with Gasteiger partial charge in [0.05, 0.1) is 13.1 Å². The van der Waals surface area contributed by atoms with Gasteiger partial charge in [-0.1, -0.05) is 6.07 Å². The number of thiophene rings is 1. The highest BCUT2D eigenvalue weighted by molar-refractivity contribution is 7.09. The summed E-state index contributed by atoms with van der Waals surface area (Å²) in [6.45, 7) is 1.90. The zero-order valence-electron chi connectivity index (χ0n) is 11.5. The largest absolute Gasteiger partial charge is 0.486 e. The fourth-order valence-electron chi connectivity index (χ4n) is 2.25. The molecular weight excluding hydrogens is 288 g/mol. The zero-order chi connectivity index (χ0) is 14.7. The smallest absolute Gasteiger partial charge is 0.236 e. The second kappa shape index (κ2) is 6.05. The summed E-state index contributed by atoms with van der Waals surface area (Å²) in [4.78, 5) is 14.4. The minimum Gasteiger partial charge on any atom is -0.486 e. The third-order valence-corrected chi connectivity index (χ3v) is 4.03. The molecule has 21 heavy (non-hydrogen) atoms. The fourth-order valence-corrected chi connectivity index (χ4v) is 2.97. The molecule has 5 nitrogen and oxygen atoms in total. The molecule has 110 valence electrons. The Balaban J connectivity index is 1.86. The number of nitrogens with zero attached hydrogens (tertiary/aromatic N) is 1. The van der Waals surface area contributed by atoms with E-state index in [-0.39, 0.29) is 12.5 Å². The number of primary amides is 1. The summed E-state index contributed by atoms with van der Waals surface area (Å²) in [5.41, 5.74) is 6.26. The maximum atomic E-state index is 11.3. The van der Waals surface area contributed by atoms with Crippen molar-refractivity contribution in [2.45, 2.75) is 6.54 Å². The minimum absolute atomic E-state index is 0.164. The van der Waals surface area contributed by atoms with Gasteiger partial charge in [-0.25, -0.2) is 0 Å². The van der Waals surface area contributed by atoms with E-state index in [1.807, 2.05) is 40.6 Å². The molecule has 1 aliphatic rings. The summed E-state index contributed by atoms with van der Waals surface area (Å²) in [6.07, 6.45) is 0. The molecule has 1 amide bonds. The van der Waals surface area contributed by atoms with Gasteiger partial charge in [-0.3, -0.25) is 4.79 Å². The van der Waals surface area contributed by atoms with Crippen molar-refractivity contribution in [2.24, 2.45) is 5.73 Å². The quantitative estimate of drug-likeness (QED) is 0.918. The van der Waals surface area contributed by atoms with E-state index in [2.05, 4.69) is 0 Å². The Morgan fingerprint density at radius 1 is 1.24 bits per heavy atom. The second-order valence-electron chi connectivity index (χ2n) is 4.73. The van der Waals surface area contributed by atoms with Crippen LogP contribution in [0, 0.1) is 0 Å². The molecule has 0 fully saturated rings. The summed E-state index contributed by atoms with van der Waals surface area (Å²) in [6, 6.07) is 9.71. The molecule has 6 heteroatoms. The summed E-state index contributed by atoms with van der Waals surface area (Å²) in [5.74, 6) is 1.08.